The molecule has 3 rings (SSSR count). The third-order valence-electron chi connectivity index (χ3n) is 5.97. The van der Waals surface area contributed by atoms with Crippen molar-refractivity contribution in [2.24, 2.45) is 0 Å². The van der Waals surface area contributed by atoms with Crippen LogP contribution in [0.1, 0.15) is 38.8 Å². The van der Waals surface area contributed by atoms with E-state index in [-0.39, 0.29) is 23.0 Å². The fourth-order valence-corrected chi connectivity index (χ4v) is 5.52. The van der Waals surface area contributed by atoms with Gasteiger partial charge in [0.15, 0.2) is 0 Å². The quantitative estimate of drug-likeness (QED) is 0.394. The number of anilines is 1. The van der Waals surface area contributed by atoms with Crippen LogP contribution < -0.4 is 9.62 Å². The van der Waals surface area contributed by atoms with Gasteiger partial charge in [-0.05, 0) is 76.1 Å². The van der Waals surface area contributed by atoms with Gasteiger partial charge in [-0.25, -0.2) is 8.42 Å². The molecule has 38 heavy (non-hydrogen) atoms. The van der Waals surface area contributed by atoms with E-state index in [0.29, 0.717) is 5.02 Å². The highest BCUT2D eigenvalue weighted by Gasteiger charge is 2.33. The highest BCUT2D eigenvalue weighted by molar-refractivity contribution is 7.92. The second-order valence-electron chi connectivity index (χ2n) is 10.2. The molecule has 0 bridgehead atoms. The zero-order chi connectivity index (χ0) is 28.1. The maximum atomic E-state index is 13.9. The largest absolute Gasteiger partial charge is 0.350 e. The van der Waals surface area contributed by atoms with Crippen LogP contribution in [0.5, 0.6) is 0 Å². The second kappa shape index (κ2) is 12.0. The Kier molecular flexibility index (Phi) is 9.22. The van der Waals surface area contributed by atoms with Gasteiger partial charge in [0.2, 0.25) is 11.8 Å². The first-order chi connectivity index (χ1) is 17.8. The summed E-state index contributed by atoms with van der Waals surface area (Å²) in [6.07, 6.45) is 0. The summed E-state index contributed by atoms with van der Waals surface area (Å²) < 4.78 is 28.5. The summed E-state index contributed by atoms with van der Waals surface area (Å²) in [5.74, 6) is -0.857. The summed E-state index contributed by atoms with van der Waals surface area (Å²) in [4.78, 5) is 28.5. The molecule has 0 saturated heterocycles. The SMILES string of the molecule is Cc1ccccc1CN(C(=O)CN(c1cccc(Cl)c1)S(=O)(=O)c1ccccc1)[C@@H](C)C(=O)NC(C)(C)C. The summed E-state index contributed by atoms with van der Waals surface area (Å²) in [6.45, 7) is 8.77. The Balaban J connectivity index is 2.04. The van der Waals surface area contributed by atoms with Gasteiger partial charge in [-0.15, -0.1) is 0 Å². The molecular weight excluding hydrogens is 522 g/mol. The molecule has 9 heteroatoms. The molecule has 1 atom stereocenters. The molecule has 0 aliphatic rings. The molecule has 0 aromatic heterocycles. The third kappa shape index (κ3) is 7.36. The molecular formula is C29H34ClN3O4S. The van der Waals surface area contributed by atoms with Gasteiger partial charge in [-0.1, -0.05) is 60.1 Å². The fraction of sp³-hybridized carbons (Fsp3) is 0.310. The molecule has 0 spiro atoms. The number of hydrogen-bond acceptors (Lipinski definition) is 4. The number of nitrogens with zero attached hydrogens (tertiary/aromatic N) is 2. The second-order valence-corrected chi connectivity index (χ2v) is 12.5. The molecule has 1 N–H and O–H groups in total. The number of rotatable bonds is 9. The van der Waals surface area contributed by atoms with Gasteiger partial charge < -0.3 is 10.2 Å². The minimum absolute atomic E-state index is 0.0387. The molecule has 7 nitrogen and oxygen atoms in total. The van der Waals surface area contributed by atoms with Gasteiger partial charge in [-0.3, -0.25) is 13.9 Å². The number of sulfonamides is 1. The van der Waals surface area contributed by atoms with E-state index in [4.69, 9.17) is 11.6 Å². The van der Waals surface area contributed by atoms with E-state index in [0.717, 1.165) is 15.4 Å². The summed E-state index contributed by atoms with van der Waals surface area (Å²) >= 11 is 6.19. The lowest BCUT2D eigenvalue weighted by molar-refractivity contribution is -0.140. The molecule has 0 aliphatic heterocycles. The maximum Gasteiger partial charge on any atom is 0.264 e. The van der Waals surface area contributed by atoms with Crippen molar-refractivity contribution in [3.05, 3.63) is 95.0 Å². The standard InChI is InChI=1S/C29H34ClN3O4S/c1-21-12-9-10-13-23(21)19-32(22(2)28(35)31-29(3,4)5)27(34)20-33(25-15-11-14-24(30)18-25)38(36,37)26-16-7-6-8-17-26/h6-18,22H,19-20H2,1-5H3,(H,31,35)/t22-/m0/s1. The van der Waals surface area contributed by atoms with Crippen molar-refractivity contribution in [3.63, 3.8) is 0 Å². The molecule has 3 aromatic carbocycles. The highest BCUT2D eigenvalue weighted by atomic mass is 35.5. The Hall–Kier alpha value is -3.36. The average molecular weight is 556 g/mol. The van der Waals surface area contributed by atoms with E-state index in [2.05, 4.69) is 5.32 Å². The van der Waals surface area contributed by atoms with Crippen LogP contribution in [0.3, 0.4) is 0 Å². The van der Waals surface area contributed by atoms with Crippen LogP contribution in [0.4, 0.5) is 5.69 Å². The van der Waals surface area contributed by atoms with E-state index < -0.39 is 34.1 Å². The van der Waals surface area contributed by atoms with Gasteiger partial charge in [0.25, 0.3) is 10.0 Å². The van der Waals surface area contributed by atoms with E-state index in [1.54, 1.807) is 43.3 Å². The zero-order valence-electron chi connectivity index (χ0n) is 22.3. The number of aryl methyl sites for hydroxylation is 1. The molecule has 0 fully saturated rings. The number of amides is 2. The lowest BCUT2D eigenvalue weighted by Crippen LogP contribution is -2.54. The van der Waals surface area contributed by atoms with Crippen LogP contribution in [0.2, 0.25) is 5.02 Å². The summed E-state index contributed by atoms with van der Waals surface area (Å²) in [5.41, 5.74) is 1.55. The number of carbonyl (C=O) groups excluding carboxylic acids is 2. The van der Waals surface area contributed by atoms with Gasteiger partial charge in [-0.2, -0.15) is 0 Å². The third-order valence-corrected chi connectivity index (χ3v) is 8.00. The maximum absolute atomic E-state index is 13.9. The Morgan fingerprint density at radius 2 is 1.58 bits per heavy atom. The van der Waals surface area contributed by atoms with Crippen molar-refractivity contribution in [3.8, 4) is 0 Å². The summed E-state index contributed by atoms with van der Waals surface area (Å²) in [7, 11) is -4.13. The smallest absolute Gasteiger partial charge is 0.264 e. The van der Waals surface area contributed by atoms with E-state index >= 15 is 0 Å². The number of halogens is 1. The first-order valence-electron chi connectivity index (χ1n) is 12.3. The molecule has 0 aliphatic carbocycles. The van der Waals surface area contributed by atoms with Crippen LogP contribution >= 0.6 is 11.6 Å². The van der Waals surface area contributed by atoms with Crippen LogP contribution in [0.25, 0.3) is 0 Å². The van der Waals surface area contributed by atoms with Crippen molar-refractivity contribution in [2.75, 3.05) is 10.8 Å². The fourth-order valence-electron chi connectivity index (χ4n) is 3.91. The van der Waals surface area contributed by atoms with Crippen molar-refractivity contribution < 1.29 is 18.0 Å². The van der Waals surface area contributed by atoms with Crippen LogP contribution in [-0.4, -0.2) is 43.3 Å². The van der Waals surface area contributed by atoms with E-state index in [1.807, 2.05) is 52.0 Å². The Morgan fingerprint density at radius 1 is 0.947 bits per heavy atom. The molecule has 0 radical (unpaired) electrons. The van der Waals surface area contributed by atoms with Crippen LogP contribution in [0.15, 0.2) is 83.8 Å². The van der Waals surface area contributed by atoms with Crippen LogP contribution in [-0.2, 0) is 26.2 Å². The summed E-state index contributed by atoms with van der Waals surface area (Å²) in [6, 6.07) is 21.0. The molecule has 0 heterocycles. The van der Waals surface area contributed by atoms with Crippen molar-refractivity contribution in [1.29, 1.82) is 0 Å². The normalized spacial score (nSPS) is 12.5. The zero-order valence-corrected chi connectivity index (χ0v) is 23.9. The van der Waals surface area contributed by atoms with Crippen LogP contribution in [0, 0.1) is 6.92 Å². The van der Waals surface area contributed by atoms with E-state index in [1.165, 1.54) is 23.1 Å². The Bertz CT molecular complexity index is 1390. The Labute approximate surface area is 230 Å². The predicted octanol–water partition coefficient (Wildman–Crippen LogP) is 5.18. The lowest BCUT2D eigenvalue weighted by Gasteiger charge is -2.33. The van der Waals surface area contributed by atoms with Crippen molar-refractivity contribution in [2.45, 2.75) is 57.6 Å². The molecule has 0 saturated carbocycles. The van der Waals surface area contributed by atoms with Crippen molar-refractivity contribution in [1.82, 2.24) is 10.2 Å². The average Bonchev–Trinajstić information content (AvgIpc) is 2.85. The molecule has 2 amide bonds. The van der Waals surface area contributed by atoms with Gasteiger partial charge in [0.05, 0.1) is 10.6 Å². The molecule has 0 unspecified atom stereocenters. The minimum Gasteiger partial charge on any atom is -0.350 e. The molecule has 3 aromatic rings. The van der Waals surface area contributed by atoms with E-state index in [9.17, 15) is 18.0 Å². The van der Waals surface area contributed by atoms with Crippen molar-refractivity contribution >= 4 is 39.1 Å². The number of carbonyl (C=O) groups is 2. The monoisotopic (exact) mass is 555 g/mol. The summed E-state index contributed by atoms with van der Waals surface area (Å²) in [5, 5.41) is 3.25. The predicted molar refractivity (Wildman–Crippen MR) is 152 cm³/mol. The first-order valence-corrected chi connectivity index (χ1v) is 14.1. The molecule has 202 valence electrons. The lowest BCUT2D eigenvalue weighted by atomic mass is 10.1. The van der Waals surface area contributed by atoms with Gasteiger partial charge in [0, 0.05) is 17.1 Å². The number of hydrogen-bond donors (Lipinski definition) is 1. The number of benzene rings is 3. The number of nitrogens with one attached hydrogen (secondary N) is 1. The Morgan fingerprint density at radius 3 is 2.18 bits per heavy atom. The topological polar surface area (TPSA) is 86.8 Å². The highest BCUT2D eigenvalue weighted by Crippen LogP contribution is 2.27. The minimum atomic E-state index is -4.13. The van der Waals surface area contributed by atoms with Gasteiger partial charge >= 0.3 is 0 Å². The van der Waals surface area contributed by atoms with Gasteiger partial charge in [0.1, 0.15) is 12.6 Å². The first kappa shape index (κ1) is 29.2.